The van der Waals surface area contributed by atoms with E-state index in [9.17, 15) is 19.2 Å². The van der Waals surface area contributed by atoms with Gasteiger partial charge in [0.15, 0.2) is 0 Å². The molecule has 7 nitrogen and oxygen atoms in total. The first-order chi connectivity index (χ1) is 12.9. The maximum Gasteiger partial charge on any atom is 0.262 e. The van der Waals surface area contributed by atoms with Crippen molar-refractivity contribution in [3.05, 3.63) is 33.8 Å². The van der Waals surface area contributed by atoms with Crippen molar-refractivity contribution in [2.45, 2.75) is 26.2 Å². The zero-order chi connectivity index (χ0) is 19.6. The van der Waals surface area contributed by atoms with Crippen LogP contribution in [0.25, 0.3) is 0 Å². The Morgan fingerprint density at radius 1 is 0.963 bits per heavy atom. The van der Waals surface area contributed by atoms with Crippen molar-refractivity contribution in [3.8, 4) is 0 Å². The lowest BCUT2D eigenvalue weighted by molar-refractivity contribution is -0.139. The molecule has 2 aliphatic rings. The van der Waals surface area contributed by atoms with Crippen LogP contribution < -0.4 is 0 Å². The van der Waals surface area contributed by atoms with E-state index in [1.165, 1.54) is 0 Å². The Hall–Kier alpha value is -2.22. The summed E-state index contributed by atoms with van der Waals surface area (Å²) in [6.07, 6.45) is 2.38. The predicted molar refractivity (Wildman–Crippen MR) is 102 cm³/mol. The van der Waals surface area contributed by atoms with Crippen LogP contribution in [0.4, 0.5) is 0 Å². The third kappa shape index (κ3) is 4.05. The van der Waals surface area contributed by atoms with Crippen LogP contribution in [0.5, 0.6) is 0 Å². The average molecular weight is 436 g/mol. The van der Waals surface area contributed by atoms with Crippen LogP contribution in [0.1, 0.15) is 46.9 Å². The van der Waals surface area contributed by atoms with Crippen LogP contribution in [-0.4, -0.2) is 71.1 Å². The molecule has 1 fully saturated rings. The SMILES string of the molecule is CCCCC(=O)N1CCN(C(=O)CN2C(=O)c3ccc(Br)cc3C2=O)CC1. The van der Waals surface area contributed by atoms with Crippen LogP contribution in [0.15, 0.2) is 22.7 Å². The van der Waals surface area contributed by atoms with Crippen molar-refractivity contribution >= 4 is 39.6 Å². The van der Waals surface area contributed by atoms with Gasteiger partial charge in [-0.1, -0.05) is 29.3 Å². The van der Waals surface area contributed by atoms with Crippen molar-refractivity contribution < 1.29 is 19.2 Å². The van der Waals surface area contributed by atoms with E-state index in [2.05, 4.69) is 15.9 Å². The minimum absolute atomic E-state index is 0.120. The van der Waals surface area contributed by atoms with Crippen LogP contribution in [0.3, 0.4) is 0 Å². The minimum Gasteiger partial charge on any atom is -0.339 e. The summed E-state index contributed by atoms with van der Waals surface area (Å²) < 4.78 is 0.708. The fraction of sp³-hybridized carbons (Fsp3) is 0.474. The first kappa shape index (κ1) is 19.5. The smallest absolute Gasteiger partial charge is 0.262 e. The van der Waals surface area contributed by atoms with Crippen LogP contribution in [0.2, 0.25) is 0 Å². The molecule has 0 aliphatic carbocycles. The van der Waals surface area contributed by atoms with Gasteiger partial charge in [-0.25, -0.2) is 0 Å². The number of unbranched alkanes of at least 4 members (excludes halogenated alkanes) is 1. The molecule has 8 heteroatoms. The number of fused-ring (bicyclic) bond motifs is 1. The van der Waals surface area contributed by atoms with Crippen LogP contribution in [-0.2, 0) is 9.59 Å². The highest BCUT2D eigenvalue weighted by atomic mass is 79.9. The van der Waals surface area contributed by atoms with Crippen molar-refractivity contribution in [1.29, 1.82) is 0 Å². The lowest BCUT2D eigenvalue weighted by atomic mass is 10.1. The van der Waals surface area contributed by atoms with Crippen LogP contribution >= 0.6 is 15.9 Å². The van der Waals surface area contributed by atoms with Gasteiger partial charge in [-0.2, -0.15) is 0 Å². The van der Waals surface area contributed by atoms with E-state index in [1.54, 1.807) is 28.0 Å². The first-order valence-electron chi connectivity index (χ1n) is 9.13. The van der Waals surface area contributed by atoms with E-state index in [1.807, 2.05) is 6.92 Å². The number of hydrogen-bond donors (Lipinski definition) is 0. The predicted octanol–water partition coefficient (Wildman–Crippen LogP) is 1.91. The number of hydrogen-bond acceptors (Lipinski definition) is 4. The molecule has 2 heterocycles. The van der Waals surface area contributed by atoms with Gasteiger partial charge in [0.05, 0.1) is 11.1 Å². The maximum absolute atomic E-state index is 12.6. The molecule has 0 atom stereocenters. The monoisotopic (exact) mass is 435 g/mol. The largest absolute Gasteiger partial charge is 0.339 e. The molecular formula is C19H22BrN3O4. The molecule has 0 N–H and O–H groups in total. The van der Waals surface area contributed by atoms with E-state index in [-0.39, 0.29) is 18.4 Å². The van der Waals surface area contributed by atoms with Crippen molar-refractivity contribution in [3.63, 3.8) is 0 Å². The lowest BCUT2D eigenvalue weighted by Crippen LogP contribution is -2.53. The molecule has 3 rings (SSSR count). The Bertz CT molecular complexity index is 787. The molecule has 2 aliphatic heterocycles. The number of imide groups is 1. The van der Waals surface area contributed by atoms with Gasteiger partial charge in [0.25, 0.3) is 11.8 Å². The van der Waals surface area contributed by atoms with Crippen molar-refractivity contribution in [1.82, 2.24) is 14.7 Å². The summed E-state index contributed by atoms with van der Waals surface area (Å²) >= 11 is 3.29. The lowest BCUT2D eigenvalue weighted by Gasteiger charge is -2.35. The molecule has 1 aromatic carbocycles. The Morgan fingerprint density at radius 3 is 2.19 bits per heavy atom. The molecule has 0 saturated carbocycles. The van der Waals surface area contributed by atoms with E-state index in [4.69, 9.17) is 0 Å². The highest BCUT2D eigenvalue weighted by molar-refractivity contribution is 9.10. The Balaban J connectivity index is 1.57. The molecule has 144 valence electrons. The first-order valence-corrected chi connectivity index (χ1v) is 9.93. The second kappa shape index (κ2) is 8.21. The molecule has 4 amide bonds. The minimum atomic E-state index is -0.446. The number of piperazine rings is 1. The summed E-state index contributed by atoms with van der Waals surface area (Å²) in [7, 11) is 0. The molecular weight excluding hydrogens is 414 g/mol. The number of carbonyl (C=O) groups is 4. The summed E-state index contributed by atoms with van der Waals surface area (Å²) in [6, 6.07) is 4.88. The molecule has 0 radical (unpaired) electrons. The zero-order valence-electron chi connectivity index (χ0n) is 15.2. The Kier molecular flexibility index (Phi) is 5.94. The van der Waals surface area contributed by atoms with E-state index in [0.717, 1.165) is 17.7 Å². The fourth-order valence-corrected chi connectivity index (χ4v) is 3.69. The molecule has 0 bridgehead atoms. The highest BCUT2D eigenvalue weighted by Crippen LogP contribution is 2.26. The molecule has 0 aromatic heterocycles. The van der Waals surface area contributed by atoms with Gasteiger partial charge in [-0.05, 0) is 24.6 Å². The van der Waals surface area contributed by atoms with Gasteiger partial charge in [-0.3, -0.25) is 24.1 Å². The number of nitrogens with zero attached hydrogens (tertiary/aromatic N) is 3. The van der Waals surface area contributed by atoms with Crippen LogP contribution in [0, 0.1) is 0 Å². The van der Waals surface area contributed by atoms with Crippen molar-refractivity contribution in [2.24, 2.45) is 0 Å². The normalized spacial score (nSPS) is 16.7. The summed E-state index contributed by atoms with van der Waals surface area (Å²) in [6.45, 7) is 3.60. The highest BCUT2D eigenvalue weighted by Gasteiger charge is 2.37. The Labute approximate surface area is 166 Å². The van der Waals surface area contributed by atoms with Gasteiger partial charge in [0, 0.05) is 37.1 Å². The molecule has 1 saturated heterocycles. The van der Waals surface area contributed by atoms with Gasteiger partial charge in [0.1, 0.15) is 6.54 Å². The van der Waals surface area contributed by atoms with E-state index in [0.29, 0.717) is 48.2 Å². The summed E-state index contributed by atoms with van der Waals surface area (Å²) in [5, 5.41) is 0. The van der Waals surface area contributed by atoms with Gasteiger partial charge in [0.2, 0.25) is 11.8 Å². The van der Waals surface area contributed by atoms with E-state index < -0.39 is 11.8 Å². The Morgan fingerprint density at radius 2 is 1.56 bits per heavy atom. The van der Waals surface area contributed by atoms with Gasteiger partial charge < -0.3 is 9.80 Å². The van der Waals surface area contributed by atoms with E-state index >= 15 is 0 Å². The number of halogens is 1. The van der Waals surface area contributed by atoms with Gasteiger partial charge in [-0.15, -0.1) is 0 Å². The van der Waals surface area contributed by atoms with Crippen molar-refractivity contribution in [2.75, 3.05) is 32.7 Å². The summed E-state index contributed by atoms with van der Waals surface area (Å²) in [4.78, 5) is 54.0. The molecule has 27 heavy (non-hydrogen) atoms. The number of benzene rings is 1. The topological polar surface area (TPSA) is 78.0 Å². The zero-order valence-corrected chi connectivity index (χ0v) is 16.8. The standard InChI is InChI=1S/C19H22BrN3O4/c1-2-3-4-16(24)21-7-9-22(10-8-21)17(25)12-23-18(26)14-6-5-13(20)11-15(14)19(23)27/h5-6,11H,2-4,7-10,12H2,1H3. The molecule has 0 spiro atoms. The number of amides is 4. The third-order valence-corrected chi connectivity index (χ3v) is 5.45. The number of carbonyl (C=O) groups excluding carboxylic acids is 4. The molecule has 0 unspecified atom stereocenters. The average Bonchev–Trinajstić information content (AvgIpc) is 2.90. The second-order valence-electron chi connectivity index (χ2n) is 6.75. The third-order valence-electron chi connectivity index (χ3n) is 4.96. The quantitative estimate of drug-likeness (QED) is 0.661. The van der Waals surface area contributed by atoms with Gasteiger partial charge >= 0.3 is 0 Å². The fourth-order valence-electron chi connectivity index (χ4n) is 3.33. The summed E-state index contributed by atoms with van der Waals surface area (Å²) in [5.74, 6) is -1.04. The second-order valence-corrected chi connectivity index (χ2v) is 7.67. The summed E-state index contributed by atoms with van der Waals surface area (Å²) in [5.41, 5.74) is 0.635. The maximum atomic E-state index is 12.6. The molecule has 1 aromatic rings. The number of rotatable bonds is 5.